The van der Waals surface area contributed by atoms with Gasteiger partial charge in [-0.05, 0) is 17.7 Å². The van der Waals surface area contributed by atoms with Gasteiger partial charge in [0.05, 0.1) is 19.3 Å². The molecule has 3 rings (SSSR count). The van der Waals surface area contributed by atoms with Gasteiger partial charge < -0.3 is 15.4 Å². The number of ether oxygens (including phenoxy) is 1. The zero-order valence-corrected chi connectivity index (χ0v) is 13.0. The molecular weight excluding hydrogens is 317 g/mol. The lowest BCUT2D eigenvalue weighted by Crippen LogP contribution is -2.50. The summed E-state index contributed by atoms with van der Waals surface area (Å²) >= 11 is 0. The van der Waals surface area contributed by atoms with Gasteiger partial charge in [0, 0.05) is 19.6 Å². The predicted molar refractivity (Wildman–Crippen MR) is 83.1 cm³/mol. The number of nitrogens with zero attached hydrogens (tertiary/aromatic N) is 1. The Bertz CT molecular complexity index is 609. The molecule has 2 saturated heterocycles. The summed E-state index contributed by atoms with van der Waals surface area (Å²) in [5, 5.41) is 5.24. The van der Waals surface area contributed by atoms with E-state index in [0.29, 0.717) is 32.8 Å². The highest BCUT2D eigenvalue weighted by atomic mass is 19.1. The highest BCUT2D eigenvalue weighted by molar-refractivity contribution is 5.88. The van der Waals surface area contributed by atoms with E-state index >= 15 is 0 Å². The molecule has 0 radical (unpaired) electrons. The summed E-state index contributed by atoms with van der Waals surface area (Å²) in [6.45, 7) is 2.91. The van der Waals surface area contributed by atoms with Gasteiger partial charge in [-0.15, -0.1) is 0 Å². The van der Waals surface area contributed by atoms with Crippen LogP contribution in [0, 0.1) is 5.82 Å². The number of morpholine rings is 1. The van der Waals surface area contributed by atoms with Gasteiger partial charge in [-0.25, -0.2) is 14.6 Å². The monoisotopic (exact) mass is 337 g/mol. The molecule has 24 heavy (non-hydrogen) atoms. The van der Waals surface area contributed by atoms with Gasteiger partial charge >= 0.3 is 6.03 Å². The average Bonchev–Trinajstić information content (AvgIpc) is 3.02. The van der Waals surface area contributed by atoms with Crippen LogP contribution in [0.25, 0.3) is 0 Å². The molecule has 4 N–H and O–H groups in total. The number of carbonyl (C=O) groups is 2. The number of rotatable bonds is 5. The molecule has 2 unspecified atom stereocenters. The standard InChI is InChI=1S/C15H20FN5O3/c16-11-3-1-2-10(8-11)12(21-4-6-24-7-5-21)9-17-14(22)13-18-15(23)20-19-13/h1-3,8,12-13,19H,4-7,9H2,(H,17,22)(H2,18,20,23). The van der Waals surface area contributed by atoms with Crippen molar-refractivity contribution in [3.63, 3.8) is 0 Å². The minimum absolute atomic E-state index is 0.168. The quantitative estimate of drug-likeness (QED) is 0.579. The second-order valence-corrected chi connectivity index (χ2v) is 5.64. The SMILES string of the molecule is O=C1NNC(C(=O)NCC(c2cccc(F)c2)N2CCOCC2)N1. The smallest absolute Gasteiger partial charge is 0.330 e. The highest BCUT2D eigenvalue weighted by Crippen LogP contribution is 2.22. The molecule has 2 fully saturated rings. The largest absolute Gasteiger partial charge is 0.379 e. The number of urea groups is 1. The topological polar surface area (TPSA) is 94.7 Å². The summed E-state index contributed by atoms with van der Waals surface area (Å²) in [5.41, 5.74) is 5.64. The number of nitrogens with one attached hydrogen (secondary N) is 4. The van der Waals surface area contributed by atoms with Crippen LogP contribution in [0.4, 0.5) is 9.18 Å². The van der Waals surface area contributed by atoms with Crippen LogP contribution in [-0.2, 0) is 9.53 Å². The minimum Gasteiger partial charge on any atom is -0.379 e. The van der Waals surface area contributed by atoms with Crippen LogP contribution in [0.15, 0.2) is 24.3 Å². The zero-order valence-electron chi connectivity index (χ0n) is 13.0. The van der Waals surface area contributed by atoms with E-state index in [0.717, 1.165) is 5.56 Å². The highest BCUT2D eigenvalue weighted by Gasteiger charge is 2.28. The van der Waals surface area contributed by atoms with E-state index in [2.05, 4.69) is 26.4 Å². The lowest BCUT2D eigenvalue weighted by molar-refractivity contribution is -0.123. The van der Waals surface area contributed by atoms with Crippen LogP contribution in [0.3, 0.4) is 0 Å². The van der Waals surface area contributed by atoms with Crippen LogP contribution in [0.2, 0.25) is 0 Å². The van der Waals surface area contributed by atoms with E-state index in [9.17, 15) is 14.0 Å². The van der Waals surface area contributed by atoms with Crippen LogP contribution in [0.1, 0.15) is 11.6 Å². The van der Waals surface area contributed by atoms with E-state index < -0.39 is 12.2 Å². The van der Waals surface area contributed by atoms with Crippen molar-refractivity contribution in [2.45, 2.75) is 12.2 Å². The van der Waals surface area contributed by atoms with Gasteiger partial charge in [-0.3, -0.25) is 15.1 Å². The van der Waals surface area contributed by atoms with Crippen molar-refractivity contribution >= 4 is 11.9 Å². The molecule has 1 aromatic carbocycles. The third kappa shape index (κ3) is 3.99. The second kappa shape index (κ2) is 7.56. The third-order valence-electron chi connectivity index (χ3n) is 4.06. The Labute approximate surface area is 138 Å². The van der Waals surface area contributed by atoms with E-state index in [1.54, 1.807) is 6.07 Å². The van der Waals surface area contributed by atoms with Crippen molar-refractivity contribution < 1.29 is 18.7 Å². The summed E-state index contributed by atoms with van der Waals surface area (Å²) < 4.78 is 18.9. The van der Waals surface area contributed by atoms with Crippen LogP contribution in [0.5, 0.6) is 0 Å². The molecule has 130 valence electrons. The summed E-state index contributed by atoms with van der Waals surface area (Å²) in [5.74, 6) is -0.672. The van der Waals surface area contributed by atoms with Crippen molar-refractivity contribution in [3.8, 4) is 0 Å². The number of hydrogen-bond acceptors (Lipinski definition) is 5. The third-order valence-corrected chi connectivity index (χ3v) is 4.06. The Kier molecular flexibility index (Phi) is 5.24. The van der Waals surface area contributed by atoms with Gasteiger partial charge in [-0.2, -0.15) is 0 Å². The number of hydrogen-bond donors (Lipinski definition) is 4. The lowest BCUT2D eigenvalue weighted by Gasteiger charge is -2.35. The molecule has 2 heterocycles. The first kappa shape index (κ1) is 16.6. The van der Waals surface area contributed by atoms with E-state index in [-0.39, 0.29) is 17.8 Å². The first-order chi connectivity index (χ1) is 11.6. The lowest BCUT2D eigenvalue weighted by atomic mass is 10.0. The number of carbonyl (C=O) groups excluding carboxylic acids is 2. The van der Waals surface area contributed by atoms with E-state index in [4.69, 9.17) is 4.74 Å². The summed E-state index contributed by atoms with van der Waals surface area (Å²) in [7, 11) is 0. The van der Waals surface area contributed by atoms with E-state index in [1.807, 2.05) is 6.07 Å². The van der Waals surface area contributed by atoms with Gasteiger partial charge in [-0.1, -0.05) is 12.1 Å². The van der Waals surface area contributed by atoms with E-state index in [1.165, 1.54) is 12.1 Å². The summed E-state index contributed by atoms with van der Waals surface area (Å²) in [6.07, 6.45) is -0.824. The Morgan fingerprint density at radius 2 is 2.21 bits per heavy atom. The van der Waals surface area contributed by atoms with Crippen molar-refractivity contribution in [1.29, 1.82) is 0 Å². The molecule has 2 atom stereocenters. The Morgan fingerprint density at radius 3 is 2.88 bits per heavy atom. The van der Waals surface area contributed by atoms with Gasteiger partial charge in [0.15, 0.2) is 6.17 Å². The maximum Gasteiger partial charge on any atom is 0.330 e. The molecule has 1 aromatic rings. The molecule has 0 aromatic heterocycles. The normalized spacial score (nSPS) is 22.5. The molecule has 0 spiro atoms. The summed E-state index contributed by atoms with van der Waals surface area (Å²) in [4.78, 5) is 25.4. The molecule has 3 amide bonds. The average molecular weight is 337 g/mol. The minimum atomic E-state index is -0.824. The first-order valence-corrected chi connectivity index (χ1v) is 7.80. The van der Waals surface area contributed by atoms with Gasteiger partial charge in [0.25, 0.3) is 5.91 Å². The van der Waals surface area contributed by atoms with Crippen molar-refractivity contribution in [2.24, 2.45) is 0 Å². The molecular formula is C15H20FN5O3. The Hall–Kier alpha value is -2.23. The molecule has 9 heteroatoms. The fraction of sp³-hybridized carbons (Fsp3) is 0.467. The van der Waals surface area contributed by atoms with Crippen molar-refractivity contribution in [1.82, 2.24) is 26.4 Å². The zero-order chi connectivity index (χ0) is 16.9. The van der Waals surface area contributed by atoms with Gasteiger partial charge in [0.2, 0.25) is 0 Å². The Balaban J connectivity index is 1.67. The van der Waals surface area contributed by atoms with Crippen molar-refractivity contribution in [3.05, 3.63) is 35.6 Å². The fourth-order valence-electron chi connectivity index (χ4n) is 2.83. The second-order valence-electron chi connectivity index (χ2n) is 5.64. The molecule has 2 aliphatic rings. The molecule has 2 aliphatic heterocycles. The maximum atomic E-state index is 13.6. The van der Waals surface area contributed by atoms with Gasteiger partial charge in [0.1, 0.15) is 5.82 Å². The number of benzene rings is 1. The Morgan fingerprint density at radius 1 is 1.42 bits per heavy atom. The molecule has 8 nitrogen and oxygen atoms in total. The number of hydrazine groups is 1. The van der Waals surface area contributed by atoms with Crippen LogP contribution < -0.4 is 21.5 Å². The number of halogens is 1. The molecule has 0 saturated carbocycles. The number of amides is 3. The summed E-state index contributed by atoms with van der Waals surface area (Å²) in [6, 6.07) is 5.74. The first-order valence-electron chi connectivity index (χ1n) is 7.80. The predicted octanol–water partition coefficient (Wildman–Crippen LogP) is -0.541. The van der Waals surface area contributed by atoms with Crippen LogP contribution in [-0.4, -0.2) is 55.9 Å². The van der Waals surface area contributed by atoms with Crippen LogP contribution >= 0.6 is 0 Å². The fourth-order valence-corrected chi connectivity index (χ4v) is 2.83. The molecule has 0 aliphatic carbocycles. The molecule has 0 bridgehead atoms. The maximum absolute atomic E-state index is 13.6. The van der Waals surface area contributed by atoms with Crippen molar-refractivity contribution in [2.75, 3.05) is 32.8 Å².